The highest BCUT2D eigenvalue weighted by Crippen LogP contribution is 2.35. The third kappa shape index (κ3) is 4.62. The van der Waals surface area contributed by atoms with Crippen molar-refractivity contribution in [1.82, 2.24) is 10.2 Å². The molecule has 3 heterocycles. The number of allylic oxidation sites excluding steroid dienone is 1. The molecule has 1 aromatic carbocycles. The predicted molar refractivity (Wildman–Crippen MR) is 123 cm³/mol. The van der Waals surface area contributed by atoms with Crippen LogP contribution in [-0.2, 0) is 9.53 Å². The average Bonchev–Trinajstić information content (AvgIpc) is 3.45. The smallest absolute Gasteiger partial charge is 0.414 e. The number of hydrogen-bond acceptors (Lipinski definition) is 7. The number of hydrogen-bond donors (Lipinski definition) is 1. The van der Waals surface area contributed by atoms with Crippen LogP contribution in [0.15, 0.2) is 39.8 Å². The Labute approximate surface area is 190 Å². The van der Waals surface area contributed by atoms with Crippen molar-refractivity contribution in [1.29, 1.82) is 0 Å². The van der Waals surface area contributed by atoms with E-state index < -0.39 is 6.09 Å². The van der Waals surface area contributed by atoms with Crippen molar-refractivity contribution in [3.05, 3.63) is 34.7 Å². The summed E-state index contributed by atoms with van der Waals surface area (Å²) < 4.78 is 6.09. The molecule has 2 atom stereocenters. The lowest BCUT2D eigenvalue weighted by atomic mass is 10.2. The van der Waals surface area contributed by atoms with E-state index in [9.17, 15) is 9.59 Å². The van der Waals surface area contributed by atoms with Crippen LogP contribution in [0.3, 0.4) is 0 Å². The lowest BCUT2D eigenvalue weighted by molar-refractivity contribution is -0.120. The van der Waals surface area contributed by atoms with Gasteiger partial charge in [0.1, 0.15) is 12.4 Å². The number of anilines is 2. The maximum Gasteiger partial charge on any atom is 0.414 e. The number of thioether (sulfide) groups is 1. The molecule has 8 nitrogen and oxygen atoms in total. The number of benzene rings is 1. The maximum absolute atomic E-state index is 12.3. The topological polar surface area (TPSA) is 77.5 Å². The normalized spacial score (nSPS) is 25.6. The zero-order chi connectivity index (χ0) is 21.4. The van der Waals surface area contributed by atoms with Gasteiger partial charge in [0.15, 0.2) is 0 Å². The monoisotopic (exact) mass is 461 g/mol. The minimum atomic E-state index is -0.400. The van der Waals surface area contributed by atoms with Gasteiger partial charge in [0.05, 0.1) is 34.9 Å². The van der Waals surface area contributed by atoms with E-state index >= 15 is 0 Å². The molecule has 0 spiro atoms. The first kappa shape index (κ1) is 20.5. The summed E-state index contributed by atoms with van der Waals surface area (Å²) in [6.45, 7) is 2.50. The van der Waals surface area contributed by atoms with Gasteiger partial charge in [-0.25, -0.2) is 4.79 Å². The van der Waals surface area contributed by atoms with Gasteiger partial charge in [0, 0.05) is 18.3 Å². The van der Waals surface area contributed by atoms with Crippen molar-refractivity contribution in [2.75, 3.05) is 36.1 Å². The molecular weight excluding hydrogens is 438 g/mol. The molecule has 0 bridgehead atoms. The van der Waals surface area contributed by atoms with Gasteiger partial charge in [-0.15, -0.1) is 11.8 Å². The number of carbonyl (C=O) groups excluding carboxylic acids is 2. The largest absolute Gasteiger partial charge is 0.442 e. The summed E-state index contributed by atoms with van der Waals surface area (Å²) in [5.41, 5.74) is 1.76. The molecule has 0 radical (unpaired) electrons. The highest BCUT2D eigenvalue weighted by atomic mass is 35.5. The van der Waals surface area contributed by atoms with Crippen molar-refractivity contribution in [3.8, 4) is 0 Å². The van der Waals surface area contributed by atoms with Gasteiger partial charge in [-0.2, -0.15) is 5.10 Å². The Morgan fingerprint density at radius 1 is 1.23 bits per heavy atom. The van der Waals surface area contributed by atoms with Crippen molar-refractivity contribution in [2.45, 2.75) is 36.7 Å². The molecule has 2 amide bonds. The lowest BCUT2D eigenvalue weighted by Gasteiger charge is -2.30. The van der Waals surface area contributed by atoms with Crippen LogP contribution in [0.25, 0.3) is 0 Å². The maximum atomic E-state index is 12.3. The summed E-state index contributed by atoms with van der Waals surface area (Å²) in [6.07, 6.45) is 6.15. The van der Waals surface area contributed by atoms with Crippen molar-refractivity contribution in [3.63, 3.8) is 0 Å². The van der Waals surface area contributed by atoms with E-state index in [1.54, 1.807) is 4.90 Å². The Balaban J connectivity index is 1.14. The van der Waals surface area contributed by atoms with E-state index in [2.05, 4.69) is 15.3 Å². The Bertz CT molecular complexity index is 920. The molecule has 1 N–H and O–H groups in total. The van der Waals surface area contributed by atoms with Crippen molar-refractivity contribution in [2.24, 2.45) is 5.10 Å². The first-order valence-corrected chi connectivity index (χ1v) is 11.8. The lowest BCUT2D eigenvalue weighted by Crippen LogP contribution is -2.39. The minimum absolute atomic E-state index is 0.0851. The number of amides is 2. The molecular formula is C21H24ClN5O3S. The number of carbonyl (C=O) groups is 2. The Kier molecular flexibility index (Phi) is 5.71. The van der Waals surface area contributed by atoms with Crippen LogP contribution in [-0.4, -0.2) is 66.8 Å². The summed E-state index contributed by atoms with van der Waals surface area (Å²) in [6, 6.07) is 8.43. The fourth-order valence-corrected chi connectivity index (χ4v) is 5.16. The zero-order valence-corrected chi connectivity index (χ0v) is 18.5. The van der Waals surface area contributed by atoms with Gasteiger partial charge < -0.3 is 15.0 Å². The molecule has 4 aliphatic rings. The Morgan fingerprint density at radius 2 is 2.00 bits per heavy atom. The molecule has 3 aliphatic heterocycles. The number of cyclic esters (lactones) is 1. The fourth-order valence-electron chi connectivity index (χ4n) is 3.90. The van der Waals surface area contributed by atoms with Crippen molar-refractivity contribution < 1.29 is 14.3 Å². The van der Waals surface area contributed by atoms with E-state index in [-0.39, 0.29) is 23.8 Å². The zero-order valence-electron chi connectivity index (χ0n) is 16.9. The van der Waals surface area contributed by atoms with Crippen LogP contribution in [0.1, 0.15) is 19.3 Å². The standard InChI is InChI=1S/C21H24ClN5O3S/c22-19-8-7-18(31-19)20(28)23-11-17-12-26(21(29)30-17)15-3-5-16(6-4-15)27-10-9-25(13-24-27)14-1-2-14/h3-6,8,13-14,17-18H,1-2,7,9-12H2,(H,23,28)/t17-,18?/m0/s1. The number of rotatable bonds is 6. The second-order valence-electron chi connectivity index (χ2n) is 8.05. The molecule has 1 saturated carbocycles. The van der Waals surface area contributed by atoms with Crippen molar-refractivity contribution >= 4 is 53.1 Å². The number of ether oxygens (including phenoxy) is 1. The van der Waals surface area contributed by atoms with Crippen LogP contribution in [0.2, 0.25) is 0 Å². The summed E-state index contributed by atoms with van der Waals surface area (Å²) in [5, 5.41) is 9.19. The average molecular weight is 462 g/mol. The fraction of sp³-hybridized carbons (Fsp3) is 0.476. The van der Waals surface area contributed by atoms with E-state index in [1.807, 2.05) is 41.7 Å². The van der Waals surface area contributed by atoms with Crippen LogP contribution in [0, 0.1) is 0 Å². The highest BCUT2D eigenvalue weighted by molar-refractivity contribution is 8.06. The SMILES string of the molecule is O=C(NC[C@H]1CN(c2ccc(N3CCN(C4CC4)C=N3)cc2)C(=O)O1)C1CC=C(Cl)S1. The van der Waals surface area contributed by atoms with Crippen LogP contribution in [0.5, 0.6) is 0 Å². The molecule has 2 fully saturated rings. The van der Waals surface area contributed by atoms with Gasteiger partial charge in [-0.3, -0.25) is 14.7 Å². The van der Waals surface area contributed by atoms with Crippen LogP contribution < -0.4 is 15.2 Å². The summed E-state index contributed by atoms with van der Waals surface area (Å²) in [5.74, 6) is -0.0851. The molecule has 31 heavy (non-hydrogen) atoms. The Hall–Kier alpha value is -2.39. The molecule has 10 heteroatoms. The first-order valence-electron chi connectivity index (χ1n) is 10.5. The summed E-state index contributed by atoms with van der Waals surface area (Å²) in [4.78, 5) is 28.5. The predicted octanol–water partition coefficient (Wildman–Crippen LogP) is 2.94. The molecule has 0 aromatic heterocycles. The summed E-state index contributed by atoms with van der Waals surface area (Å²) >= 11 is 7.27. The molecule has 1 saturated heterocycles. The van der Waals surface area contributed by atoms with E-state index in [0.717, 1.165) is 24.5 Å². The van der Waals surface area contributed by atoms with Gasteiger partial charge >= 0.3 is 6.09 Å². The molecule has 164 valence electrons. The van der Waals surface area contributed by atoms with Gasteiger partial charge in [-0.1, -0.05) is 17.7 Å². The van der Waals surface area contributed by atoms with Crippen LogP contribution >= 0.6 is 23.4 Å². The number of hydrazone groups is 1. The quantitative estimate of drug-likeness (QED) is 0.701. The minimum Gasteiger partial charge on any atom is -0.442 e. The third-order valence-corrected chi connectivity index (χ3v) is 7.31. The molecule has 1 unspecified atom stereocenters. The number of nitrogens with zero attached hydrogens (tertiary/aromatic N) is 4. The first-order chi connectivity index (χ1) is 15.1. The third-order valence-electron chi connectivity index (χ3n) is 5.80. The van der Waals surface area contributed by atoms with Gasteiger partial charge in [0.25, 0.3) is 0 Å². The molecule has 1 aliphatic carbocycles. The van der Waals surface area contributed by atoms with Gasteiger partial charge in [0.2, 0.25) is 5.91 Å². The van der Waals surface area contributed by atoms with E-state index in [0.29, 0.717) is 23.4 Å². The van der Waals surface area contributed by atoms with Gasteiger partial charge in [-0.05, 0) is 43.5 Å². The van der Waals surface area contributed by atoms with Crippen LogP contribution in [0.4, 0.5) is 16.2 Å². The van der Waals surface area contributed by atoms with E-state index in [1.165, 1.54) is 24.6 Å². The second kappa shape index (κ2) is 8.63. The second-order valence-corrected chi connectivity index (χ2v) is 9.93. The molecule has 5 rings (SSSR count). The summed E-state index contributed by atoms with van der Waals surface area (Å²) in [7, 11) is 0. The Morgan fingerprint density at radius 3 is 2.65 bits per heavy atom. The number of nitrogens with one attached hydrogen (secondary N) is 1. The number of halogens is 1. The highest BCUT2D eigenvalue weighted by Gasteiger charge is 2.34. The molecule has 1 aromatic rings. The van der Waals surface area contributed by atoms with E-state index in [4.69, 9.17) is 16.3 Å².